The lowest BCUT2D eigenvalue weighted by molar-refractivity contribution is -0.386. The smallest absolute Gasteiger partial charge is 0.346 e. The Bertz CT molecular complexity index is 448. The molecule has 1 unspecified atom stereocenters. The highest BCUT2D eigenvalue weighted by Crippen LogP contribution is 2.30. The van der Waals surface area contributed by atoms with Crippen LogP contribution in [0.1, 0.15) is 6.92 Å². The third-order valence-corrected chi connectivity index (χ3v) is 2.45. The zero-order valence-electron chi connectivity index (χ0n) is 9.18. The summed E-state index contributed by atoms with van der Waals surface area (Å²) in [6.45, 7) is 1.45. The Kier molecular flexibility index (Phi) is 4.45. The molecule has 0 aliphatic carbocycles. The Morgan fingerprint density at radius 3 is 2.71 bits per heavy atom. The number of hydrogen-bond acceptors (Lipinski definition) is 5. The molecule has 6 nitrogen and oxygen atoms in total. The Hall–Kier alpha value is -1.63. The monoisotopic (exact) mass is 303 g/mol. The number of benzene rings is 1. The lowest BCUT2D eigenvalue weighted by Crippen LogP contribution is -2.25. The van der Waals surface area contributed by atoms with E-state index in [9.17, 15) is 14.9 Å². The van der Waals surface area contributed by atoms with E-state index in [1.807, 2.05) is 0 Å². The molecule has 0 fully saturated rings. The van der Waals surface area contributed by atoms with E-state index in [0.717, 1.165) is 0 Å². The number of methoxy groups -OCH3 is 1. The molecule has 0 N–H and O–H groups in total. The van der Waals surface area contributed by atoms with Crippen LogP contribution in [0.25, 0.3) is 0 Å². The van der Waals surface area contributed by atoms with Crippen LogP contribution < -0.4 is 4.74 Å². The van der Waals surface area contributed by atoms with Crippen LogP contribution in [-0.4, -0.2) is 24.1 Å². The number of nitro benzene ring substituents is 1. The van der Waals surface area contributed by atoms with Crippen molar-refractivity contribution in [2.24, 2.45) is 0 Å². The second-order valence-electron chi connectivity index (χ2n) is 3.15. The molecule has 0 aromatic heterocycles. The highest BCUT2D eigenvalue weighted by molar-refractivity contribution is 9.10. The standard InChI is InChI=1S/C10H10BrNO5/c1-6(10(13)16-2)17-9-5-7(11)3-4-8(9)12(14)15/h3-6H,1-2H3. The quantitative estimate of drug-likeness (QED) is 0.484. The minimum atomic E-state index is -0.909. The molecule has 0 aliphatic rings. The summed E-state index contributed by atoms with van der Waals surface area (Å²) in [5.41, 5.74) is -0.205. The van der Waals surface area contributed by atoms with Crippen LogP contribution in [0.4, 0.5) is 5.69 Å². The van der Waals surface area contributed by atoms with Crippen LogP contribution in [0, 0.1) is 10.1 Å². The van der Waals surface area contributed by atoms with Gasteiger partial charge in [-0.1, -0.05) is 15.9 Å². The molecule has 92 valence electrons. The summed E-state index contributed by atoms with van der Waals surface area (Å²) in [5, 5.41) is 10.7. The highest BCUT2D eigenvalue weighted by atomic mass is 79.9. The molecule has 1 atom stereocenters. The van der Waals surface area contributed by atoms with Crippen LogP contribution in [0.15, 0.2) is 22.7 Å². The number of nitrogens with zero attached hydrogens (tertiary/aromatic N) is 1. The van der Waals surface area contributed by atoms with E-state index in [4.69, 9.17) is 4.74 Å². The van der Waals surface area contributed by atoms with Gasteiger partial charge in [-0.05, 0) is 13.0 Å². The summed E-state index contributed by atoms with van der Waals surface area (Å²) < 4.78 is 10.3. The topological polar surface area (TPSA) is 78.7 Å². The molecule has 0 heterocycles. The first-order valence-corrected chi connectivity index (χ1v) is 5.43. The number of carbonyl (C=O) groups is 1. The van der Waals surface area contributed by atoms with Gasteiger partial charge < -0.3 is 9.47 Å². The zero-order chi connectivity index (χ0) is 13.0. The molecule has 0 saturated carbocycles. The first-order chi connectivity index (χ1) is 7.95. The molecule has 0 bridgehead atoms. The Labute approximate surface area is 106 Å². The SMILES string of the molecule is COC(=O)C(C)Oc1cc(Br)ccc1[N+](=O)[O-]. The van der Waals surface area contributed by atoms with Crippen LogP contribution in [-0.2, 0) is 9.53 Å². The molecular weight excluding hydrogens is 294 g/mol. The normalized spacial score (nSPS) is 11.7. The third kappa shape index (κ3) is 3.42. The van der Waals surface area contributed by atoms with Crippen LogP contribution in [0.2, 0.25) is 0 Å². The fourth-order valence-corrected chi connectivity index (χ4v) is 1.48. The molecular formula is C10H10BrNO5. The fourth-order valence-electron chi connectivity index (χ4n) is 1.14. The Morgan fingerprint density at radius 2 is 2.18 bits per heavy atom. The van der Waals surface area contributed by atoms with Crippen LogP contribution in [0.5, 0.6) is 5.75 Å². The largest absolute Gasteiger partial charge is 0.472 e. The number of halogens is 1. The zero-order valence-corrected chi connectivity index (χ0v) is 10.8. The average Bonchev–Trinajstić information content (AvgIpc) is 2.27. The summed E-state index contributed by atoms with van der Waals surface area (Å²) in [7, 11) is 1.22. The summed E-state index contributed by atoms with van der Waals surface area (Å²) in [4.78, 5) is 21.3. The summed E-state index contributed by atoms with van der Waals surface area (Å²) in [5.74, 6) is -0.582. The number of hydrogen-bond donors (Lipinski definition) is 0. The van der Waals surface area contributed by atoms with Crippen LogP contribution in [0.3, 0.4) is 0 Å². The van der Waals surface area contributed by atoms with Crippen molar-refractivity contribution in [1.29, 1.82) is 0 Å². The third-order valence-electron chi connectivity index (χ3n) is 1.96. The van der Waals surface area contributed by atoms with Gasteiger partial charge in [0.05, 0.1) is 12.0 Å². The van der Waals surface area contributed by atoms with Crippen molar-refractivity contribution in [1.82, 2.24) is 0 Å². The number of nitro groups is 1. The van der Waals surface area contributed by atoms with E-state index >= 15 is 0 Å². The van der Waals surface area contributed by atoms with Gasteiger partial charge in [-0.3, -0.25) is 10.1 Å². The molecule has 7 heteroatoms. The van der Waals surface area contributed by atoms with Crippen LogP contribution >= 0.6 is 15.9 Å². The average molecular weight is 304 g/mol. The Balaban J connectivity index is 3.00. The van der Waals surface area contributed by atoms with E-state index < -0.39 is 17.0 Å². The minimum Gasteiger partial charge on any atom is -0.472 e. The number of esters is 1. The number of rotatable bonds is 4. The molecule has 17 heavy (non-hydrogen) atoms. The van der Waals surface area contributed by atoms with E-state index in [0.29, 0.717) is 4.47 Å². The van der Waals surface area contributed by atoms with Gasteiger partial charge in [0.25, 0.3) is 0 Å². The molecule has 1 aromatic carbocycles. The van der Waals surface area contributed by atoms with E-state index in [-0.39, 0.29) is 11.4 Å². The maximum Gasteiger partial charge on any atom is 0.346 e. The predicted molar refractivity (Wildman–Crippen MR) is 62.9 cm³/mol. The van der Waals surface area contributed by atoms with Crippen molar-refractivity contribution in [3.8, 4) is 5.75 Å². The van der Waals surface area contributed by atoms with Gasteiger partial charge in [-0.2, -0.15) is 0 Å². The Morgan fingerprint density at radius 1 is 1.53 bits per heavy atom. The second kappa shape index (κ2) is 5.62. The van der Waals surface area contributed by atoms with Gasteiger partial charge in [0.1, 0.15) is 0 Å². The van der Waals surface area contributed by atoms with Crippen molar-refractivity contribution in [3.63, 3.8) is 0 Å². The molecule has 0 saturated heterocycles. The maximum atomic E-state index is 11.2. The van der Waals surface area contributed by atoms with E-state index in [1.165, 1.54) is 32.2 Å². The maximum absolute atomic E-state index is 11.2. The highest BCUT2D eigenvalue weighted by Gasteiger charge is 2.21. The molecule has 1 rings (SSSR count). The number of ether oxygens (including phenoxy) is 2. The van der Waals surface area contributed by atoms with Gasteiger partial charge >= 0.3 is 11.7 Å². The molecule has 0 radical (unpaired) electrons. The van der Waals surface area contributed by atoms with Gasteiger partial charge in [-0.25, -0.2) is 4.79 Å². The first kappa shape index (κ1) is 13.4. The van der Waals surface area contributed by atoms with Crippen molar-refractivity contribution in [3.05, 3.63) is 32.8 Å². The first-order valence-electron chi connectivity index (χ1n) is 4.64. The van der Waals surface area contributed by atoms with E-state index in [1.54, 1.807) is 0 Å². The summed E-state index contributed by atoms with van der Waals surface area (Å²) >= 11 is 3.17. The van der Waals surface area contributed by atoms with Gasteiger partial charge in [0, 0.05) is 16.6 Å². The molecule has 0 spiro atoms. The lowest BCUT2D eigenvalue weighted by atomic mass is 10.3. The minimum absolute atomic E-state index is 0.0160. The predicted octanol–water partition coefficient (Wildman–Crippen LogP) is 2.30. The van der Waals surface area contributed by atoms with Gasteiger partial charge in [0.2, 0.25) is 0 Å². The molecule has 0 amide bonds. The number of carbonyl (C=O) groups excluding carboxylic acids is 1. The second-order valence-corrected chi connectivity index (χ2v) is 4.07. The molecule has 0 aliphatic heterocycles. The lowest BCUT2D eigenvalue weighted by Gasteiger charge is -2.12. The van der Waals surface area contributed by atoms with Gasteiger partial charge in [0.15, 0.2) is 11.9 Å². The summed E-state index contributed by atoms with van der Waals surface area (Å²) in [6, 6.07) is 4.24. The van der Waals surface area contributed by atoms with E-state index in [2.05, 4.69) is 20.7 Å². The fraction of sp³-hybridized carbons (Fsp3) is 0.300. The van der Waals surface area contributed by atoms with Crippen molar-refractivity contribution in [2.45, 2.75) is 13.0 Å². The van der Waals surface area contributed by atoms with Crippen molar-refractivity contribution in [2.75, 3.05) is 7.11 Å². The molecule has 1 aromatic rings. The summed E-state index contributed by atoms with van der Waals surface area (Å²) in [6.07, 6.45) is -0.909. The van der Waals surface area contributed by atoms with Crippen molar-refractivity contribution < 1.29 is 19.2 Å². The van der Waals surface area contributed by atoms with Gasteiger partial charge in [-0.15, -0.1) is 0 Å². The van der Waals surface area contributed by atoms with Crippen molar-refractivity contribution >= 4 is 27.6 Å².